The Hall–Kier alpha value is -3.70. The first-order chi connectivity index (χ1) is 18.4. The van der Waals surface area contributed by atoms with E-state index in [4.69, 9.17) is 0 Å². The number of phenolic OH excluding ortho intramolecular Hbond substituents is 1. The molecule has 3 aliphatic rings. The van der Waals surface area contributed by atoms with Crippen LogP contribution in [0.1, 0.15) is 77.9 Å². The van der Waals surface area contributed by atoms with E-state index in [1.807, 2.05) is 4.68 Å². The predicted octanol–water partition coefficient (Wildman–Crippen LogP) is 4.95. The summed E-state index contributed by atoms with van der Waals surface area (Å²) in [6, 6.07) is 11.3. The number of carbonyl (C=O) groups is 1. The van der Waals surface area contributed by atoms with Crippen molar-refractivity contribution in [3.8, 4) is 17.6 Å². The van der Waals surface area contributed by atoms with Crippen molar-refractivity contribution in [2.75, 3.05) is 7.05 Å². The molecule has 2 N–H and O–H groups in total. The lowest BCUT2D eigenvalue weighted by Crippen LogP contribution is -2.39. The van der Waals surface area contributed by atoms with Crippen molar-refractivity contribution in [2.45, 2.75) is 62.7 Å². The molecule has 196 valence electrons. The normalized spacial score (nSPS) is 23.5. The molecule has 38 heavy (non-hydrogen) atoms. The van der Waals surface area contributed by atoms with Crippen LogP contribution < -0.4 is 5.32 Å². The number of fused-ring (bicyclic) bond motifs is 2. The van der Waals surface area contributed by atoms with Crippen molar-refractivity contribution in [3.05, 3.63) is 82.7 Å². The molecule has 0 spiro atoms. The predicted molar refractivity (Wildman–Crippen MR) is 138 cm³/mol. The minimum absolute atomic E-state index is 0.170. The second-order valence-corrected chi connectivity index (χ2v) is 10.7. The van der Waals surface area contributed by atoms with Gasteiger partial charge >= 0.3 is 0 Å². The molecule has 3 aromatic rings. The van der Waals surface area contributed by atoms with Gasteiger partial charge in [-0.1, -0.05) is 18.1 Å². The Bertz CT molecular complexity index is 1410. The zero-order valence-corrected chi connectivity index (χ0v) is 21.2. The smallest absolute Gasteiger partial charge is 0.272 e. The van der Waals surface area contributed by atoms with Gasteiger partial charge < -0.3 is 15.3 Å². The fourth-order valence-corrected chi connectivity index (χ4v) is 5.86. The minimum Gasteiger partial charge on any atom is -0.508 e. The maximum Gasteiger partial charge on any atom is 0.272 e. The van der Waals surface area contributed by atoms with Crippen molar-refractivity contribution in [1.82, 2.24) is 20.0 Å². The highest BCUT2D eigenvalue weighted by atomic mass is 19.1. The molecule has 6 nitrogen and oxygen atoms in total. The Morgan fingerprint density at radius 2 is 1.66 bits per heavy atom. The van der Waals surface area contributed by atoms with Crippen LogP contribution in [-0.4, -0.2) is 44.8 Å². The summed E-state index contributed by atoms with van der Waals surface area (Å²) >= 11 is 0. The number of hydrogen-bond acceptors (Lipinski definition) is 4. The summed E-state index contributed by atoms with van der Waals surface area (Å²) in [5, 5.41) is 17.9. The number of aromatic hydroxyl groups is 1. The third-order valence-corrected chi connectivity index (χ3v) is 8.14. The van der Waals surface area contributed by atoms with Crippen molar-refractivity contribution in [2.24, 2.45) is 5.92 Å². The van der Waals surface area contributed by atoms with Crippen LogP contribution >= 0.6 is 0 Å². The SMILES string of the molecule is CN1[C@@H]2CC[C@H]1CC(C#Cc1cc(C(=O)NC(c3ccc(F)cc3)c3cc(F)ccc3O)nn1C1CC1)C2. The van der Waals surface area contributed by atoms with E-state index in [-0.39, 0.29) is 23.0 Å². The molecule has 1 saturated carbocycles. The second-order valence-electron chi connectivity index (χ2n) is 10.7. The molecule has 2 unspecified atom stereocenters. The molecular weight excluding hydrogens is 486 g/mol. The number of hydrogen-bond donors (Lipinski definition) is 2. The highest BCUT2D eigenvalue weighted by Gasteiger charge is 2.38. The first-order valence-electron chi connectivity index (χ1n) is 13.2. The highest BCUT2D eigenvalue weighted by molar-refractivity contribution is 5.93. The van der Waals surface area contributed by atoms with Crippen molar-refractivity contribution in [3.63, 3.8) is 0 Å². The number of halogens is 2. The van der Waals surface area contributed by atoms with E-state index in [9.17, 15) is 18.7 Å². The summed E-state index contributed by atoms with van der Waals surface area (Å²) in [5.41, 5.74) is 1.59. The maximum atomic E-state index is 14.1. The van der Waals surface area contributed by atoms with Gasteiger partial charge in [-0.25, -0.2) is 8.78 Å². The van der Waals surface area contributed by atoms with E-state index in [1.54, 1.807) is 6.07 Å². The number of aromatic nitrogens is 2. The van der Waals surface area contributed by atoms with Crippen LogP contribution in [0.15, 0.2) is 48.5 Å². The zero-order valence-electron chi connectivity index (χ0n) is 21.2. The first kappa shape index (κ1) is 24.6. The number of rotatable bonds is 5. The molecular formula is C30H30F2N4O2. The van der Waals surface area contributed by atoms with E-state index < -0.39 is 23.6 Å². The lowest BCUT2D eigenvalue weighted by molar-refractivity contribution is 0.0936. The fraction of sp³-hybridized carbons (Fsp3) is 0.400. The molecule has 3 heterocycles. The molecule has 1 aliphatic carbocycles. The average molecular weight is 517 g/mol. The number of carbonyl (C=O) groups excluding carboxylic acids is 1. The molecule has 3 fully saturated rings. The van der Waals surface area contributed by atoms with E-state index in [0.29, 0.717) is 23.6 Å². The first-order valence-corrected chi connectivity index (χ1v) is 13.2. The lowest BCUT2D eigenvalue weighted by atomic mass is 9.91. The zero-order chi connectivity index (χ0) is 26.4. The molecule has 2 aliphatic heterocycles. The maximum absolute atomic E-state index is 14.1. The minimum atomic E-state index is -0.908. The lowest BCUT2D eigenvalue weighted by Gasteiger charge is -2.34. The Balaban J connectivity index is 1.27. The summed E-state index contributed by atoms with van der Waals surface area (Å²) < 4.78 is 29.5. The number of phenols is 1. The van der Waals surface area contributed by atoms with E-state index in [1.165, 1.54) is 43.2 Å². The monoisotopic (exact) mass is 516 g/mol. The van der Waals surface area contributed by atoms with Gasteiger partial charge in [0.2, 0.25) is 0 Å². The van der Waals surface area contributed by atoms with Gasteiger partial charge in [-0.2, -0.15) is 5.10 Å². The molecule has 1 amide bonds. The molecule has 2 saturated heterocycles. The molecule has 6 rings (SSSR count). The summed E-state index contributed by atoms with van der Waals surface area (Å²) in [5.74, 6) is 5.47. The van der Waals surface area contributed by atoms with Gasteiger partial charge in [0.15, 0.2) is 5.69 Å². The third kappa shape index (κ3) is 4.91. The molecule has 2 bridgehead atoms. The van der Waals surface area contributed by atoms with Gasteiger partial charge in [0.1, 0.15) is 23.1 Å². The molecule has 0 radical (unpaired) electrons. The van der Waals surface area contributed by atoms with Crippen LogP contribution in [0.2, 0.25) is 0 Å². The number of nitrogens with one attached hydrogen (secondary N) is 1. The van der Waals surface area contributed by atoms with E-state index in [2.05, 4.69) is 34.2 Å². The van der Waals surface area contributed by atoms with Gasteiger partial charge in [0, 0.05) is 29.6 Å². The van der Waals surface area contributed by atoms with Crippen LogP contribution in [0.5, 0.6) is 5.75 Å². The van der Waals surface area contributed by atoms with Crippen LogP contribution in [0.25, 0.3) is 0 Å². The number of piperidine rings is 1. The Labute approximate surface area is 220 Å². The van der Waals surface area contributed by atoms with Crippen molar-refractivity contribution < 1.29 is 18.7 Å². The van der Waals surface area contributed by atoms with Gasteiger partial charge in [-0.3, -0.25) is 9.48 Å². The molecule has 1 aromatic heterocycles. The number of benzene rings is 2. The Kier molecular flexibility index (Phi) is 6.40. The van der Waals surface area contributed by atoms with Crippen LogP contribution in [-0.2, 0) is 0 Å². The Morgan fingerprint density at radius 1 is 1.00 bits per heavy atom. The van der Waals surface area contributed by atoms with Gasteiger partial charge in [0.25, 0.3) is 5.91 Å². The standard InChI is InChI=1S/C30H30F2N4O2/c1-35-23-11-12-24(35)15-18(14-23)2-8-25-17-27(34-36(25)22-9-10-22)30(38)33-29(19-3-5-20(31)6-4-19)26-16-21(32)7-13-28(26)37/h3-7,13,16-18,22-24,29,37H,9-12,14-15H2,1H3,(H,33,38)/t18?,23-,24+,29?. The summed E-state index contributed by atoms with van der Waals surface area (Å²) in [7, 11) is 2.21. The second kappa shape index (κ2) is 9.88. The van der Waals surface area contributed by atoms with Crippen LogP contribution in [0.3, 0.4) is 0 Å². The van der Waals surface area contributed by atoms with Crippen molar-refractivity contribution in [1.29, 1.82) is 0 Å². The fourth-order valence-electron chi connectivity index (χ4n) is 5.86. The largest absolute Gasteiger partial charge is 0.508 e. The molecule has 2 aromatic carbocycles. The van der Waals surface area contributed by atoms with Crippen LogP contribution in [0, 0.1) is 29.4 Å². The van der Waals surface area contributed by atoms with Gasteiger partial charge in [-0.05, 0) is 87.4 Å². The van der Waals surface area contributed by atoms with Gasteiger partial charge in [-0.15, -0.1) is 0 Å². The summed E-state index contributed by atoms with van der Waals surface area (Å²) in [6.07, 6.45) is 6.60. The Morgan fingerprint density at radius 3 is 2.34 bits per heavy atom. The third-order valence-electron chi connectivity index (χ3n) is 8.14. The number of amides is 1. The quantitative estimate of drug-likeness (QED) is 0.471. The number of nitrogens with zero attached hydrogens (tertiary/aromatic N) is 3. The summed E-state index contributed by atoms with van der Waals surface area (Å²) in [4.78, 5) is 15.9. The van der Waals surface area contributed by atoms with E-state index in [0.717, 1.165) is 43.5 Å². The van der Waals surface area contributed by atoms with Gasteiger partial charge in [0.05, 0.1) is 12.1 Å². The van der Waals surface area contributed by atoms with E-state index >= 15 is 0 Å². The summed E-state index contributed by atoms with van der Waals surface area (Å²) in [6.45, 7) is 0. The highest BCUT2D eigenvalue weighted by Crippen LogP contribution is 2.38. The van der Waals surface area contributed by atoms with Crippen LogP contribution in [0.4, 0.5) is 8.78 Å². The molecule has 4 atom stereocenters. The molecule has 8 heteroatoms. The average Bonchev–Trinajstić information content (AvgIpc) is 3.63. The van der Waals surface area contributed by atoms with Crippen molar-refractivity contribution >= 4 is 5.91 Å². The topological polar surface area (TPSA) is 70.4 Å².